The molecular formula is C57H40GeN4OPt-2. The third-order valence-electron chi connectivity index (χ3n) is 12.0. The first-order valence-electron chi connectivity index (χ1n) is 23.5. The predicted octanol–water partition coefficient (Wildman–Crippen LogP) is 13.1. The summed E-state index contributed by atoms with van der Waals surface area (Å²) >= 11 is -2.19. The van der Waals surface area contributed by atoms with Gasteiger partial charge in [0.25, 0.3) is 6.33 Å². The van der Waals surface area contributed by atoms with E-state index in [0.717, 1.165) is 72.0 Å². The SMILES string of the molecule is [2H]c1c([2H])c([2H])c(-c2cccc3c2-[n+]2[c-]n(-c4[c-]c(Oc5[c-]c6c(cc5)c5ccccc5n6-c5c[c]([Ge]([CH3])([CH3])[CH3])ccn5)ccc4)c4cccc(c42)-c2ccccc2-c2ccccc2-3)c([2H])c1[2H].[Pt]. The van der Waals surface area contributed by atoms with Crippen molar-refractivity contribution in [2.24, 2.45) is 0 Å². The van der Waals surface area contributed by atoms with Crippen molar-refractivity contribution in [3.05, 3.63) is 207 Å². The Hall–Kier alpha value is -6.79. The number of hydrogen-bond donors (Lipinski definition) is 0. The van der Waals surface area contributed by atoms with E-state index in [1.54, 1.807) is 0 Å². The smallest absolute Gasteiger partial charge is 0.0660 e. The Balaban J connectivity index is 0.00000520. The van der Waals surface area contributed by atoms with Crippen molar-refractivity contribution in [1.29, 1.82) is 0 Å². The Morgan fingerprint density at radius 2 is 1.22 bits per heavy atom. The maximum atomic E-state index is 9.17. The molecule has 0 bridgehead atoms. The molecule has 4 heterocycles. The average molecular weight is 1070 g/mol. The molecule has 3 aromatic heterocycles. The molecule has 1 aliphatic rings. The third kappa shape index (κ3) is 6.57. The van der Waals surface area contributed by atoms with Crippen molar-refractivity contribution < 1.29 is 37.2 Å². The topological polar surface area (TPSA) is 35.9 Å². The summed E-state index contributed by atoms with van der Waals surface area (Å²) in [7, 11) is 0. The summed E-state index contributed by atoms with van der Waals surface area (Å²) in [6.45, 7) is 0. The molecule has 0 N–H and O–H groups in total. The first-order chi connectivity index (χ1) is 33.0. The van der Waals surface area contributed by atoms with Crippen LogP contribution >= 0.6 is 0 Å². The summed E-state index contributed by atoms with van der Waals surface area (Å²) in [5.41, 5.74) is 11.1. The quantitative estimate of drug-likeness (QED) is 0.0945. The van der Waals surface area contributed by atoms with Gasteiger partial charge in [0, 0.05) is 21.1 Å². The van der Waals surface area contributed by atoms with Gasteiger partial charge in [-0.05, 0) is 44.5 Å². The van der Waals surface area contributed by atoms with Crippen LogP contribution < -0.4 is 13.7 Å². The van der Waals surface area contributed by atoms with E-state index in [1.165, 1.54) is 4.40 Å². The number of para-hydroxylation sites is 3. The van der Waals surface area contributed by atoms with Crippen LogP contribution in [0.2, 0.25) is 17.3 Å². The van der Waals surface area contributed by atoms with Crippen LogP contribution in [-0.4, -0.2) is 27.4 Å². The Morgan fingerprint density at radius 3 is 2.00 bits per heavy atom. The summed E-state index contributed by atoms with van der Waals surface area (Å²) < 4.78 is 58.3. The van der Waals surface area contributed by atoms with Gasteiger partial charge in [-0.1, -0.05) is 115 Å². The van der Waals surface area contributed by atoms with E-state index in [1.807, 2.05) is 94.2 Å². The number of aromatic nitrogens is 4. The zero-order valence-electron chi connectivity index (χ0n) is 40.0. The van der Waals surface area contributed by atoms with Gasteiger partial charge in [0.15, 0.2) is 0 Å². The fourth-order valence-electron chi connectivity index (χ4n) is 9.13. The van der Waals surface area contributed by atoms with E-state index in [-0.39, 0.29) is 38.7 Å². The number of hydrogen-bond acceptors (Lipinski definition) is 2. The number of nitrogens with zero attached hydrogens (tertiary/aromatic N) is 4. The van der Waals surface area contributed by atoms with Gasteiger partial charge < -0.3 is 0 Å². The minimum atomic E-state index is -2.19. The van der Waals surface area contributed by atoms with E-state index in [9.17, 15) is 0 Å². The molecule has 1 aliphatic heterocycles. The molecule has 5 nitrogen and oxygen atoms in total. The van der Waals surface area contributed by atoms with Gasteiger partial charge in [-0.3, -0.25) is 4.57 Å². The Labute approximate surface area is 396 Å². The molecule has 11 aromatic rings. The minimum absolute atomic E-state index is 0. The fourth-order valence-corrected chi connectivity index (χ4v) is 11.5. The second-order valence-electron chi connectivity index (χ2n) is 16.8. The van der Waals surface area contributed by atoms with E-state index >= 15 is 0 Å². The molecule has 0 amide bonds. The molecule has 0 saturated carbocycles. The number of fused-ring (bicyclic) bond motifs is 10. The normalized spacial score (nSPS) is 13.0. The van der Waals surface area contributed by atoms with Crippen LogP contribution in [0.25, 0.3) is 94.5 Å². The van der Waals surface area contributed by atoms with Gasteiger partial charge in [-0.2, -0.15) is 0 Å². The Kier molecular flexibility index (Phi) is 8.55. The molecule has 64 heavy (non-hydrogen) atoms. The summed E-state index contributed by atoms with van der Waals surface area (Å²) in [5, 5.41) is 2.15. The molecule has 8 aromatic carbocycles. The number of ether oxygens (including phenoxy) is 1. The predicted molar refractivity (Wildman–Crippen MR) is 258 cm³/mol. The van der Waals surface area contributed by atoms with Crippen molar-refractivity contribution in [3.63, 3.8) is 0 Å². The summed E-state index contributed by atoms with van der Waals surface area (Å²) in [4.78, 5) is 4.87. The van der Waals surface area contributed by atoms with E-state index in [2.05, 4.69) is 113 Å². The second-order valence-corrected chi connectivity index (χ2v) is 27.5. The van der Waals surface area contributed by atoms with Crippen LogP contribution in [0.15, 0.2) is 188 Å². The molecule has 0 atom stereocenters. The van der Waals surface area contributed by atoms with Crippen molar-refractivity contribution in [2.75, 3.05) is 0 Å². The molecule has 0 unspecified atom stereocenters. The summed E-state index contributed by atoms with van der Waals surface area (Å²) in [6, 6.07) is 56.3. The van der Waals surface area contributed by atoms with Crippen LogP contribution in [0.3, 0.4) is 0 Å². The third-order valence-corrected chi connectivity index (χ3v) is 16.3. The molecule has 12 rings (SSSR count). The zero-order valence-corrected chi connectivity index (χ0v) is 39.4. The molecule has 310 valence electrons. The van der Waals surface area contributed by atoms with E-state index in [4.69, 9.17) is 16.6 Å². The molecule has 0 radical (unpaired) electrons. The van der Waals surface area contributed by atoms with Crippen LogP contribution in [0.4, 0.5) is 0 Å². The number of benzene rings is 8. The zero-order chi connectivity index (χ0) is 46.6. The number of imidazole rings is 1. The Bertz CT molecular complexity index is 3890. The minimum Gasteiger partial charge on any atom is -0.0660 e. The average Bonchev–Trinajstić information content (AvgIpc) is 3.92. The van der Waals surface area contributed by atoms with Gasteiger partial charge in [-0.25, -0.2) is 0 Å². The second kappa shape index (κ2) is 15.8. The van der Waals surface area contributed by atoms with Gasteiger partial charge >= 0.3 is 184 Å². The fraction of sp³-hybridized carbons (Fsp3) is 0.0526. The van der Waals surface area contributed by atoms with Crippen molar-refractivity contribution in [3.8, 4) is 73.2 Å². The molecule has 0 fully saturated rings. The van der Waals surface area contributed by atoms with Crippen molar-refractivity contribution in [2.45, 2.75) is 17.3 Å². The van der Waals surface area contributed by atoms with Crippen molar-refractivity contribution >= 4 is 50.5 Å². The van der Waals surface area contributed by atoms with Crippen LogP contribution in [0, 0.1) is 18.5 Å². The Morgan fingerprint density at radius 1 is 0.594 bits per heavy atom. The van der Waals surface area contributed by atoms with Gasteiger partial charge in [0.1, 0.15) is 0 Å². The molecular weight excluding hydrogens is 1020 g/mol. The number of rotatable bonds is 6. The van der Waals surface area contributed by atoms with Crippen LogP contribution in [0.1, 0.15) is 6.85 Å². The summed E-state index contributed by atoms with van der Waals surface area (Å²) in [5.74, 6) is 9.00. The monoisotopic (exact) mass is 1070 g/mol. The summed E-state index contributed by atoms with van der Waals surface area (Å²) in [6.07, 6.45) is 5.61. The maximum absolute atomic E-state index is 9.17. The first-order valence-corrected chi connectivity index (χ1v) is 28.3. The van der Waals surface area contributed by atoms with Gasteiger partial charge in [-0.15, -0.1) is 0 Å². The van der Waals surface area contributed by atoms with E-state index in [0.29, 0.717) is 28.4 Å². The first kappa shape index (κ1) is 34.7. The van der Waals surface area contributed by atoms with Crippen LogP contribution in [-0.2, 0) is 21.1 Å². The molecule has 7 heteroatoms. The van der Waals surface area contributed by atoms with Gasteiger partial charge in [0.05, 0.1) is 23.6 Å². The number of pyridine rings is 1. The van der Waals surface area contributed by atoms with E-state index < -0.39 is 31.4 Å². The molecule has 0 aliphatic carbocycles. The van der Waals surface area contributed by atoms with Crippen LogP contribution in [0.5, 0.6) is 11.5 Å². The van der Waals surface area contributed by atoms with Gasteiger partial charge in [0.2, 0.25) is 0 Å². The molecule has 0 spiro atoms. The standard InChI is InChI=1S/C57H40GeN4O.Pt/c1-58(2,3)39-32-33-59-55(34-39)62-52-28-12-11-24-48(52)49-31-30-42(36-54(49)62)63-41-19-13-18-40(35-41)60-37-61-56-43(38-16-5-4-6-17-38)25-14-26-50(56)46-22-9-7-20-44(46)45-21-8-10-23-47(45)51-27-15-29-53(60)57(51)61;/h4-34H,1-3H3;/q-2;/i4D,5D,6D,16D,17D;. The van der Waals surface area contributed by atoms with Crippen molar-refractivity contribution in [1.82, 2.24) is 14.1 Å². The molecule has 0 saturated heterocycles.